The number of aliphatic hydroxyl groups excluding tert-OH is 1. The van der Waals surface area contributed by atoms with Crippen LogP contribution in [0.25, 0.3) is 0 Å². The standard InChI is InChI=1S/C18H20FN5O4S/c1-11(26)21-17(29)22-12-3-4-15(14(19)9-12)28-13-5-6-20-16(10-13)23-18(27)24(2)7-8-25/h3-6,9-10,25H,7-8H2,1-2H3,(H,20,23,27)(H2,21,22,26,29). The topological polar surface area (TPSA) is 116 Å². The molecular formula is C18H20FN5O4S. The van der Waals surface area contributed by atoms with Crippen LogP contribution in [0.4, 0.5) is 20.7 Å². The maximum atomic E-state index is 14.3. The number of hydrogen-bond donors (Lipinski definition) is 4. The Kier molecular flexibility index (Phi) is 7.80. The Bertz CT molecular complexity index is 912. The molecule has 3 amide bonds. The lowest BCUT2D eigenvalue weighted by Gasteiger charge is -2.16. The Morgan fingerprint density at radius 2 is 2.03 bits per heavy atom. The summed E-state index contributed by atoms with van der Waals surface area (Å²) in [5.74, 6) is -0.594. The number of nitrogens with one attached hydrogen (secondary N) is 3. The number of urea groups is 1. The lowest BCUT2D eigenvalue weighted by atomic mass is 10.3. The number of carbonyl (C=O) groups excluding carboxylic acids is 2. The number of carbonyl (C=O) groups is 2. The number of aliphatic hydroxyl groups is 1. The Balaban J connectivity index is 2.05. The fourth-order valence-corrected chi connectivity index (χ4v) is 2.37. The Hall–Kier alpha value is -3.31. The fourth-order valence-electron chi connectivity index (χ4n) is 2.11. The maximum absolute atomic E-state index is 14.3. The zero-order valence-corrected chi connectivity index (χ0v) is 16.5. The van der Waals surface area contributed by atoms with E-state index in [1.807, 2.05) is 0 Å². The van der Waals surface area contributed by atoms with Crippen LogP contribution in [0.15, 0.2) is 36.5 Å². The first-order valence-electron chi connectivity index (χ1n) is 8.43. The molecule has 0 saturated heterocycles. The van der Waals surface area contributed by atoms with Gasteiger partial charge in [-0.05, 0) is 30.4 Å². The number of thiocarbonyl (C=S) groups is 1. The molecule has 1 heterocycles. The average molecular weight is 421 g/mol. The van der Waals surface area contributed by atoms with Gasteiger partial charge in [0, 0.05) is 44.5 Å². The van der Waals surface area contributed by atoms with Gasteiger partial charge in [-0.3, -0.25) is 10.1 Å². The minimum Gasteiger partial charge on any atom is -0.454 e. The molecular weight excluding hydrogens is 401 g/mol. The molecule has 0 atom stereocenters. The molecule has 2 aromatic rings. The summed E-state index contributed by atoms with van der Waals surface area (Å²) in [6.45, 7) is 1.31. The molecule has 0 aliphatic carbocycles. The van der Waals surface area contributed by atoms with Gasteiger partial charge in [0.25, 0.3) is 0 Å². The molecule has 2 rings (SSSR count). The van der Waals surface area contributed by atoms with Gasteiger partial charge < -0.3 is 25.4 Å². The number of rotatable bonds is 6. The van der Waals surface area contributed by atoms with Crippen molar-refractivity contribution in [2.24, 2.45) is 0 Å². The van der Waals surface area contributed by atoms with Gasteiger partial charge in [-0.15, -0.1) is 0 Å². The van der Waals surface area contributed by atoms with Crippen molar-refractivity contribution >= 4 is 40.8 Å². The van der Waals surface area contributed by atoms with Crippen LogP contribution >= 0.6 is 12.2 Å². The van der Waals surface area contributed by atoms with E-state index < -0.39 is 11.8 Å². The van der Waals surface area contributed by atoms with Crippen molar-refractivity contribution in [1.29, 1.82) is 0 Å². The second kappa shape index (κ2) is 10.3. The molecule has 1 aromatic heterocycles. The molecule has 0 aliphatic heterocycles. The summed E-state index contributed by atoms with van der Waals surface area (Å²) >= 11 is 4.92. The molecule has 0 spiro atoms. The van der Waals surface area contributed by atoms with Crippen LogP contribution < -0.4 is 20.7 Å². The van der Waals surface area contributed by atoms with Gasteiger partial charge in [0.2, 0.25) is 5.91 Å². The summed E-state index contributed by atoms with van der Waals surface area (Å²) in [6, 6.07) is 6.56. The van der Waals surface area contributed by atoms with Gasteiger partial charge in [-0.2, -0.15) is 0 Å². The average Bonchev–Trinajstić information content (AvgIpc) is 2.63. The molecule has 0 unspecified atom stereocenters. The van der Waals surface area contributed by atoms with E-state index in [2.05, 4.69) is 20.9 Å². The highest BCUT2D eigenvalue weighted by atomic mass is 32.1. The van der Waals surface area contributed by atoms with Crippen LogP contribution in [0.3, 0.4) is 0 Å². The van der Waals surface area contributed by atoms with Crippen LogP contribution in [0, 0.1) is 5.82 Å². The lowest BCUT2D eigenvalue weighted by Crippen LogP contribution is -2.33. The third-order valence-corrected chi connectivity index (χ3v) is 3.66. The molecule has 4 N–H and O–H groups in total. The Labute approximate surface area is 171 Å². The van der Waals surface area contributed by atoms with Crippen LogP contribution in [0.5, 0.6) is 11.5 Å². The quantitative estimate of drug-likeness (QED) is 0.529. The molecule has 29 heavy (non-hydrogen) atoms. The summed E-state index contributed by atoms with van der Waals surface area (Å²) < 4.78 is 19.9. The molecule has 1 aromatic carbocycles. The van der Waals surface area contributed by atoms with Gasteiger partial charge in [-0.25, -0.2) is 14.2 Å². The van der Waals surface area contributed by atoms with Crippen LogP contribution in [0.1, 0.15) is 6.92 Å². The minimum atomic E-state index is -0.661. The zero-order valence-electron chi connectivity index (χ0n) is 15.7. The van der Waals surface area contributed by atoms with E-state index in [9.17, 15) is 14.0 Å². The van der Waals surface area contributed by atoms with E-state index >= 15 is 0 Å². The van der Waals surface area contributed by atoms with Gasteiger partial charge in [-0.1, -0.05) is 0 Å². The van der Waals surface area contributed by atoms with Crippen molar-refractivity contribution in [2.75, 3.05) is 30.8 Å². The van der Waals surface area contributed by atoms with Gasteiger partial charge >= 0.3 is 6.03 Å². The van der Waals surface area contributed by atoms with Crippen molar-refractivity contribution < 1.29 is 23.8 Å². The number of benzene rings is 1. The Morgan fingerprint density at radius 1 is 1.28 bits per heavy atom. The molecule has 0 bridgehead atoms. The van der Waals surface area contributed by atoms with Crippen LogP contribution in [-0.4, -0.2) is 52.2 Å². The van der Waals surface area contributed by atoms with Crippen LogP contribution in [0.2, 0.25) is 0 Å². The first kappa shape index (κ1) is 22.0. The van der Waals surface area contributed by atoms with E-state index in [1.165, 1.54) is 49.3 Å². The second-order valence-electron chi connectivity index (χ2n) is 5.83. The predicted octanol–water partition coefficient (Wildman–Crippen LogP) is 2.30. The van der Waals surface area contributed by atoms with Crippen molar-refractivity contribution in [1.82, 2.24) is 15.2 Å². The second-order valence-corrected chi connectivity index (χ2v) is 6.24. The molecule has 154 valence electrons. The predicted molar refractivity (Wildman–Crippen MR) is 109 cm³/mol. The Morgan fingerprint density at radius 3 is 2.69 bits per heavy atom. The number of hydrogen-bond acceptors (Lipinski definition) is 6. The normalized spacial score (nSPS) is 10.1. The van der Waals surface area contributed by atoms with E-state index in [-0.39, 0.29) is 41.5 Å². The van der Waals surface area contributed by atoms with Crippen LogP contribution in [-0.2, 0) is 4.79 Å². The summed E-state index contributed by atoms with van der Waals surface area (Å²) in [5.41, 5.74) is 0.336. The number of halogens is 1. The van der Waals surface area contributed by atoms with Crippen molar-refractivity contribution in [3.05, 3.63) is 42.3 Å². The van der Waals surface area contributed by atoms with E-state index in [1.54, 1.807) is 0 Å². The SMILES string of the molecule is CC(=O)NC(=S)Nc1ccc(Oc2ccnc(NC(=O)N(C)CCO)c2)c(F)c1. The largest absolute Gasteiger partial charge is 0.454 e. The summed E-state index contributed by atoms with van der Waals surface area (Å²) in [5, 5.41) is 16.5. The van der Waals surface area contributed by atoms with Crippen molar-refractivity contribution in [3.8, 4) is 11.5 Å². The third-order valence-electron chi connectivity index (χ3n) is 3.46. The maximum Gasteiger partial charge on any atom is 0.322 e. The number of nitrogens with zero attached hydrogens (tertiary/aromatic N) is 2. The number of anilines is 2. The first-order valence-corrected chi connectivity index (χ1v) is 8.84. The number of amides is 3. The highest BCUT2D eigenvalue weighted by Gasteiger charge is 2.11. The van der Waals surface area contributed by atoms with Gasteiger partial charge in [0.15, 0.2) is 16.7 Å². The molecule has 0 saturated carbocycles. The van der Waals surface area contributed by atoms with Crippen molar-refractivity contribution in [2.45, 2.75) is 6.92 Å². The van der Waals surface area contributed by atoms with Gasteiger partial charge in [0.1, 0.15) is 11.6 Å². The molecule has 0 radical (unpaired) electrons. The van der Waals surface area contributed by atoms with Gasteiger partial charge in [0.05, 0.1) is 6.61 Å². The van der Waals surface area contributed by atoms with E-state index in [4.69, 9.17) is 22.1 Å². The fraction of sp³-hybridized carbons (Fsp3) is 0.222. The summed E-state index contributed by atoms with van der Waals surface area (Å²) in [4.78, 5) is 28.2. The first-order chi connectivity index (χ1) is 13.8. The number of pyridine rings is 1. The molecule has 0 aliphatic rings. The third kappa shape index (κ3) is 6.97. The minimum absolute atomic E-state index is 0.0475. The van der Waals surface area contributed by atoms with E-state index in [0.717, 1.165) is 6.07 Å². The number of ether oxygens (including phenoxy) is 1. The molecule has 11 heteroatoms. The van der Waals surface area contributed by atoms with Crippen molar-refractivity contribution in [3.63, 3.8) is 0 Å². The molecule has 9 nitrogen and oxygen atoms in total. The smallest absolute Gasteiger partial charge is 0.322 e. The summed E-state index contributed by atoms with van der Waals surface area (Å²) in [6.07, 6.45) is 1.40. The highest BCUT2D eigenvalue weighted by molar-refractivity contribution is 7.80. The number of likely N-dealkylation sites (N-methyl/N-ethyl adjacent to an activating group) is 1. The van der Waals surface area contributed by atoms with E-state index in [0.29, 0.717) is 5.69 Å². The number of aromatic nitrogens is 1. The molecule has 0 fully saturated rings. The highest BCUT2D eigenvalue weighted by Crippen LogP contribution is 2.27. The zero-order chi connectivity index (χ0) is 21.4. The summed E-state index contributed by atoms with van der Waals surface area (Å²) in [7, 11) is 1.52. The lowest BCUT2D eigenvalue weighted by molar-refractivity contribution is -0.117. The monoisotopic (exact) mass is 421 g/mol.